The van der Waals surface area contributed by atoms with E-state index in [1.165, 1.54) is 49.9 Å². The summed E-state index contributed by atoms with van der Waals surface area (Å²) in [6, 6.07) is 25.3. The average Bonchev–Trinajstić information content (AvgIpc) is 3.81. The van der Waals surface area contributed by atoms with Crippen LogP contribution in [0.25, 0.3) is 10.9 Å². The van der Waals surface area contributed by atoms with Gasteiger partial charge in [0.25, 0.3) is 0 Å². The molecule has 1 spiro atoms. The van der Waals surface area contributed by atoms with Gasteiger partial charge in [0.15, 0.2) is 12.0 Å². The Morgan fingerprint density at radius 3 is 2.27 bits per heavy atom. The first-order valence-electron chi connectivity index (χ1n) is 16.7. The Morgan fingerprint density at radius 1 is 0.867 bits per heavy atom. The van der Waals surface area contributed by atoms with Crippen LogP contribution in [-0.2, 0) is 14.2 Å². The molecule has 4 aromatic rings. The van der Waals surface area contributed by atoms with E-state index in [4.69, 9.17) is 19.2 Å². The van der Waals surface area contributed by atoms with Crippen molar-refractivity contribution in [3.8, 4) is 0 Å². The van der Waals surface area contributed by atoms with Gasteiger partial charge in [-0.05, 0) is 89.5 Å². The smallest absolute Gasteiger partial charge is 0.164 e. The number of hydrogen-bond acceptors (Lipinski definition) is 7. The molecule has 0 bridgehead atoms. The topological polar surface area (TPSA) is 64.0 Å². The molecule has 0 saturated carbocycles. The van der Waals surface area contributed by atoms with E-state index in [2.05, 4.69) is 106 Å². The Bertz CT molecular complexity index is 1580. The van der Waals surface area contributed by atoms with Crippen LogP contribution in [0.2, 0.25) is 0 Å². The molecule has 0 unspecified atom stereocenters. The van der Waals surface area contributed by atoms with Crippen molar-refractivity contribution in [1.29, 1.82) is 0 Å². The summed E-state index contributed by atoms with van der Waals surface area (Å²) in [7, 11) is 2.24. The first kappa shape index (κ1) is 29.2. The maximum atomic E-state index is 6.97. The Balaban J connectivity index is 1.09. The maximum absolute atomic E-state index is 6.97. The van der Waals surface area contributed by atoms with E-state index in [1.54, 1.807) is 0 Å². The van der Waals surface area contributed by atoms with Crippen molar-refractivity contribution < 1.29 is 14.2 Å². The number of nitrogens with one attached hydrogen (secondary N) is 1. The molecule has 8 rings (SSSR count). The number of piperidine rings is 1. The number of pyridine rings is 1. The Kier molecular flexibility index (Phi) is 7.46. The first-order valence-corrected chi connectivity index (χ1v) is 16.7. The molecule has 4 aliphatic heterocycles. The zero-order valence-corrected chi connectivity index (χ0v) is 26.6. The summed E-state index contributed by atoms with van der Waals surface area (Å²) < 4.78 is 22.4. The summed E-state index contributed by atoms with van der Waals surface area (Å²) in [4.78, 5) is 10.0. The van der Waals surface area contributed by atoms with Gasteiger partial charge in [-0.25, -0.2) is 4.98 Å². The van der Waals surface area contributed by atoms with E-state index < -0.39 is 5.79 Å². The molecular formula is C37H45N5O3. The van der Waals surface area contributed by atoms with Crippen LogP contribution in [0, 0.1) is 0 Å². The summed E-state index contributed by atoms with van der Waals surface area (Å²) in [6.07, 6.45) is 8.36. The second-order valence-corrected chi connectivity index (χ2v) is 13.9. The van der Waals surface area contributed by atoms with Gasteiger partial charge in [0.05, 0.1) is 11.6 Å². The molecule has 4 fully saturated rings. The van der Waals surface area contributed by atoms with Gasteiger partial charge >= 0.3 is 0 Å². The number of nitrogens with zero attached hydrogens (tertiary/aromatic N) is 4. The molecule has 1 N–H and O–H groups in total. The molecule has 45 heavy (non-hydrogen) atoms. The Labute approximate surface area is 266 Å². The molecule has 0 amide bonds. The van der Waals surface area contributed by atoms with E-state index >= 15 is 0 Å². The van der Waals surface area contributed by atoms with Crippen LogP contribution in [0.5, 0.6) is 0 Å². The first-order chi connectivity index (χ1) is 21.9. The molecule has 4 saturated heterocycles. The predicted molar refractivity (Wildman–Crippen MR) is 176 cm³/mol. The number of likely N-dealkylation sites (tertiary alicyclic amines) is 2. The molecule has 6 heterocycles. The number of rotatable bonds is 7. The van der Waals surface area contributed by atoms with Gasteiger partial charge in [-0.2, -0.15) is 0 Å². The molecule has 8 nitrogen and oxygen atoms in total. The summed E-state index contributed by atoms with van der Waals surface area (Å²) in [5.41, 5.74) is 3.74. The normalized spacial score (nSPS) is 27.9. The van der Waals surface area contributed by atoms with Gasteiger partial charge in [-0.1, -0.05) is 60.7 Å². The average molecular weight is 608 g/mol. The molecule has 2 aromatic heterocycles. The zero-order valence-electron chi connectivity index (χ0n) is 26.6. The second-order valence-electron chi connectivity index (χ2n) is 13.9. The van der Waals surface area contributed by atoms with Crippen LogP contribution in [0.1, 0.15) is 62.9 Å². The fourth-order valence-electron chi connectivity index (χ4n) is 8.34. The molecule has 0 aliphatic carbocycles. The van der Waals surface area contributed by atoms with E-state index in [1.807, 2.05) is 20.0 Å². The monoisotopic (exact) mass is 607 g/mol. The van der Waals surface area contributed by atoms with E-state index in [0.717, 1.165) is 29.8 Å². The largest absolute Gasteiger partial charge is 0.359 e. The molecule has 2 aromatic carbocycles. The van der Waals surface area contributed by atoms with Gasteiger partial charge < -0.3 is 29.0 Å². The van der Waals surface area contributed by atoms with Gasteiger partial charge in [0, 0.05) is 29.9 Å². The lowest BCUT2D eigenvalue weighted by atomic mass is 9.85. The minimum absolute atomic E-state index is 0.0370. The third-order valence-corrected chi connectivity index (χ3v) is 10.7. The van der Waals surface area contributed by atoms with Crippen LogP contribution < -0.4 is 5.32 Å². The van der Waals surface area contributed by atoms with Crippen LogP contribution >= 0.6 is 0 Å². The standard InChI is InChI=1S/C37H45N5O3/c1-36(2)44-32-30(25-41-21-10-17-37(41)18-23-40(3)24-19-37)43-35(33(32)45-36)42-22-16-28-29(42)15-20-38-34(28)39-31(26-11-6-4-7-12-26)27-13-8-5-9-14-27/h4-9,11-16,20,22,30-33,35H,10,17-19,21,23-25H2,1-3H3,(H,38,39)/t30-,32-,33-,35-/m1/s1. The lowest BCUT2D eigenvalue weighted by Gasteiger charge is -2.45. The summed E-state index contributed by atoms with van der Waals surface area (Å²) in [6.45, 7) is 8.40. The van der Waals surface area contributed by atoms with Crippen molar-refractivity contribution >= 4 is 16.7 Å². The lowest BCUT2D eigenvalue weighted by Crippen LogP contribution is -2.54. The van der Waals surface area contributed by atoms with Crippen molar-refractivity contribution in [2.75, 3.05) is 38.5 Å². The van der Waals surface area contributed by atoms with Crippen LogP contribution in [0.4, 0.5) is 5.82 Å². The van der Waals surface area contributed by atoms with E-state index in [0.29, 0.717) is 5.54 Å². The number of anilines is 1. The van der Waals surface area contributed by atoms with Gasteiger partial charge in [0.1, 0.15) is 24.1 Å². The number of ether oxygens (including phenoxy) is 3. The van der Waals surface area contributed by atoms with Crippen LogP contribution in [0.15, 0.2) is 85.2 Å². The van der Waals surface area contributed by atoms with Gasteiger partial charge in [-0.15, -0.1) is 0 Å². The van der Waals surface area contributed by atoms with Crippen molar-refractivity contribution in [2.24, 2.45) is 0 Å². The lowest BCUT2D eigenvalue weighted by molar-refractivity contribution is -0.199. The van der Waals surface area contributed by atoms with Crippen molar-refractivity contribution in [1.82, 2.24) is 19.4 Å². The fourth-order valence-corrected chi connectivity index (χ4v) is 8.34. The summed E-state index contributed by atoms with van der Waals surface area (Å²) >= 11 is 0. The quantitative estimate of drug-likeness (QED) is 0.268. The van der Waals surface area contributed by atoms with Crippen LogP contribution in [0.3, 0.4) is 0 Å². The molecule has 4 atom stereocenters. The summed E-state index contributed by atoms with van der Waals surface area (Å²) in [5.74, 6) is 0.196. The van der Waals surface area contributed by atoms with Crippen molar-refractivity contribution in [2.45, 2.75) is 81.4 Å². The van der Waals surface area contributed by atoms with Crippen LogP contribution in [-0.4, -0.2) is 82.2 Å². The highest BCUT2D eigenvalue weighted by molar-refractivity contribution is 5.90. The predicted octanol–water partition coefficient (Wildman–Crippen LogP) is 6.22. The SMILES string of the molecule is CN1CCC2(CCCN2C[C@H]2O[C@@H](n3ccc4c(NC(c5ccccc5)c5ccccc5)nccc43)[C@@H]3OC(C)(C)O[C@@H]32)CC1. The zero-order chi connectivity index (χ0) is 30.6. The maximum Gasteiger partial charge on any atom is 0.164 e. The molecule has 8 heteroatoms. The molecule has 4 aliphatic rings. The second kappa shape index (κ2) is 11.5. The highest BCUT2D eigenvalue weighted by atomic mass is 16.8. The van der Waals surface area contributed by atoms with Crippen molar-refractivity contribution in [3.63, 3.8) is 0 Å². The third kappa shape index (κ3) is 5.36. The van der Waals surface area contributed by atoms with E-state index in [-0.39, 0.29) is 30.6 Å². The number of fused-ring (bicyclic) bond motifs is 2. The Hall–Kier alpha value is -3.27. The fraction of sp³-hybridized carbons (Fsp3) is 0.486. The molecular weight excluding hydrogens is 562 g/mol. The minimum Gasteiger partial charge on any atom is -0.359 e. The molecule has 236 valence electrons. The number of benzene rings is 2. The van der Waals surface area contributed by atoms with Gasteiger partial charge in [0.2, 0.25) is 0 Å². The number of aromatic nitrogens is 2. The third-order valence-electron chi connectivity index (χ3n) is 10.7. The van der Waals surface area contributed by atoms with Gasteiger partial charge in [-0.3, -0.25) is 4.90 Å². The number of hydrogen-bond donors (Lipinski definition) is 1. The summed E-state index contributed by atoms with van der Waals surface area (Å²) in [5, 5.41) is 4.84. The Morgan fingerprint density at radius 2 is 1.56 bits per heavy atom. The van der Waals surface area contributed by atoms with Crippen molar-refractivity contribution in [3.05, 3.63) is 96.3 Å². The van der Waals surface area contributed by atoms with E-state index in [9.17, 15) is 0 Å². The molecule has 0 radical (unpaired) electrons. The minimum atomic E-state index is -0.651. The highest BCUT2D eigenvalue weighted by Crippen LogP contribution is 2.46. The highest BCUT2D eigenvalue weighted by Gasteiger charge is 2.57.